The average Bonchev–Trinajstić information content (AvgIpc) is 2.15. The molecule has 1 aliphatic heterocycles. The third kappa shape index (κ3) is 1.89. The highest BCUT2D eigenvalue weighted by Crippen LogP contribution is 2.25. The Morgan fingerprint density at radius 1 is 1.25 bits per heavy atom. The molecule has 0 saturated carbocycles. The molecule has 0 amide bonds. The van der Waals surface area contributed by atoms with Gasteiger partial charge in [-0.25, -0.2) is 22.0 Å². The third-order valence-electron chi connectivity index (χ3n) is 2.05. The number of hydrogen-bond acceptors (Lipinski definition) is 5. The number of para-hydroxylation sites is 1. The maximum atomic E-state index is 11.7. The molecule has 1 atom stereocenters. The number of primary sulfonamides is 1. The van der Waals surface area contributed by atoms with Gasteiger partial charge in [-0.2, -0.15) is 4.72 Å². The highest BCUT2D eigenvalue weighted by molar-refractivity contribution is 7.93. The number of hydrogen-bond donors (Lipinski definition) is 3. The van der Waals surface area contributed by atoms with E-state index in [0.29, 0.717) is 0 Å². The molecule has 0 radical (unpaired) electrons. The maximum Gasteiger partial charge on any atom is 0.245 e. The summed E-state index contributed by atoms with van der Waals surface area (Å²) in [7, 11) is -7.89. The van der Waals surface area contributed by atoms with E-state index in [1.54, 1.807) is 6.07 Å². The summed E-state index contributed by atoms with van der Waals surface area (Å²) in [5.41, 5.74) is -1.33. The molecule has 9 heteroatoms. The van der Waals surface area contributed by atoms with Gasteiger partial charge in [-0.3, -0.25) is 0 Å². The first kappa shape index (κ1) is 11.3. The van der Waals surface area contributed by atoms with E-state index < -0.39 is 25.5 Å². The smallest absolute Gasteiger partial charge is 0.245 e. The van der Waals surface area contributed by atoms with Crippen LogP contribution in [0.3, 0.4) is 0 Å². The molecule has 88 valence electrons. The summed E-state index contributed by atoms with van der Waals surface area (Å²) in [6.45, 7) is 0. The molecule has 2 rings (SSSR count). The van der Waals surface area contributed by atoms with Gasteiger partial charge in [0.1, 0.15) is 4.90 Å². The zero-order chi connectivity index (χ0) is 12.0. The van der Waals surface area contributed by atoms with Gasteiger partial charge in [-0.05, 0) is 12.1 Å². The first-order chi connectivity index (χ1) is 7.31. The van der Waals surface area contributed by atoms with Crippen LogP contribution in [-0.4, -0.2) is 22.3 Å². The van der Waals surface area contributed by atoms with Crippen LogP contribution in [0.1, 0.15) is 0 Å². The number of benzene rings is 1. The molecule has 0 bridgehead atoms. The van der Waals surface area contributed by atoms with E-state index in [-0.39, 0.29) is 10.6 Å². The fraction of sp³-hybridized carbons (Fsp3) is 0.143. The van der Waals surface area contributed by atoms with E-state index in [1.807, 2.05) is 4.72 Å². The Kier molecular flexibility index (Phi) is 2.42. The van der Waals surface area contributed by atoms with Crippen LogP contribution in [0, 0.1) is 0 Å². The van der Waals surface area contributed by atoms with Crippen LogP contribution in [0.4, 0.5) is 5.69 Å². The zero-order valence-electron chi connectivity index (χ0n) is 7.91. The lowest BCUT2D eigenvalue weighted by Crippen LogP contribution is -2.51. The Morgan fingerprint density at radius 3 is 2.50 bits per heavy atom. The molecule has 0 aromatic heterocycles. The van der Waals surface area contributed by atoms with Crippen molar-refractivity contribution in [1.82, 2.24) is 4.72 Å². The summed E-state index contributed by atoms with van der Waals surface area (Å²) in [5, 5.41) is 7.36. The van der Waals surface area contributed by atoms with Crippen molar-refractivity contribution in [3.8, 4) is 0 Å². The van der Waals surface area contributed by atoms with Crippen LogP contribution in [0.5, 0.6) is 0 Å². The lowest BCUT2D eigenvalue weighted by atomic mass is 10.3. The Morgan fingerprint density at radius 2 is 1.88 bits per heavy atom. The fourth-order valence-corrected chi connectivity index (χ4v) is 3.69. The summed E-state index contributed by atoms with van der Waals surface area (Å²) >= 11 is 0. The number of nitrogens with one attached hydrogen (secondary N) is 2. The summed E-state index contributed by atoms with van der Waals surface area (Å²) in [4.78, 5) is -0.00472. The summed E-state index contributed by atoms with van der Waals surface area (Å²) in [5.74, 6) is 0. The van der Waals surface area contributed by atoms with Gasteiger partial charge in [0, 0.05) is 0 Å². The monoisotopic (exact) mass is 263 g/mol. The van der Waals surface area contributed by atoms with Crippen LogP contribution in [0.2, 0.25) is 0 Å². The van der Waals surface area contributed by atoms with Crippen molar-refractivity contribution in [2.24, 2.45) is 5.14 Å². The zero-order valence-corrected chi connectivity index (χ0v) is 9.55. The molecule has 1 aliphatic rings. The second-order valence-corrected chi connectivity index (χ2v) is 6.56. The molecule has 0 saturated heterocycles. The van der Waals surface area contributed by atoms with Crippen molar-refractivity contribution < 1.29 is 16.8 Å². The van der Waals surface area contributed by atoms with Gasteiger partial charge in [0.2, 0.25) is 25.5 Å². The molecular weight excluding hydrogens is 254 g/mol. The summed E-state index contributed by atoms with van der Waals surface area (Å²) in [6, 6.07) is 5.96. The van der Waals surface area contributed by atoms with E-state index >= 15 is 0 Å². The standard InChI is InChI=1S/C7H9N3O4S2/c8-15(11,12)7-9-5-3-1-2-4-6(5)16(13,14)10-7/h1-4,7,9-10H,(H2,8,11,12). The lowest BCUT2D eigenvalue weighted by Gasteiger charge is -2.25. The Bertz CT molecular complexity index is 623. The molecule has 16 heavy (non-hydrogen) atoms. The SMILES string of the molecule is NS(=O)(=O)C1Nc2ccccc2S(=O)(=O)N1. The molecule has 1 aromatic carbocycles. The molecule has 1 heterocycles. The van der Waals surface area contributed by atoms with E-state index in [9.17, 15) is 16.8 Å². The first-order valence-corrected chi connectivity index (χ1v) is 7.29. The minimum Gasteiger partial charge on any atom is -0.354 e. The Balaban J connectivity index is 2.58. The number of nitrogens with two attached hydrogens (primary N) is 1. The Hall–Kier alpha value is -1.16. The second kappa shape index (κ2) is 3.42. The number of fused-ring (bicyclic) bond motifs is 1. The molecule has 4 N–H and O–H groups in total. The highest BCUT2D eigenvalue weighted by atomic mass is 32.2. The number of anilines is 1. The van der Waals surface area contributed by atoms with Gasteiger partial charge in [0.05, 0.1) is 5.69 Å². The molecule has 0 fully saturated rings. The summed E-state index contributed by atoms with van der Waals surface area (Å²) < 4.78 is 47.4. The van der Waals surface area contributed by atoms with Crippen LogP contribution >= 0.6 is 0 Å². The molecular formula is C7H9N3O4S2. The molecule has 1 aromatic rings. The van der Waals surface area contributed by atoms with Gasteiger partial charge < -0.3 is 5.32 Å². The van der Waals surface area contributed by atoms with E-state index in [4.69, 9.17) is 5.14 Å². The largest absolute Gasteiger partial charge is 0.354 e. The summed E-state index contributed by atoms with van der Waals surface area (Å²) in [6.07, 6.45) is 0. The number of sulfonamides is 2. The van der Waals surface area contributed by atoms with Crippen molar-refractivity contribution >= 4 is 25.7 Å². The molecule has 0 spiro atoms. The second-order valence-electron chi connectivity index (χ2n) is 3.23. The van der Waals surface area contributed by atoms with Crippen molar-refractivity contribution in [3.05, 3.63) is 24.3 Å². The van der Waals surface area contributed by atoms with Crippen LogP contribution in [0.15, 0.2) is 29.2 Å². The Labute approximate surface area is 92.8 Å². The van der Waals surface area contributed by atoms with Crippen molar-refractivity contribution in [3.63, 3.8) is 0 Å². The van der Waals surface area contributed by atoms with E-state index in [1.165, 1.54) is 18.2 Å². The predicted octanol–water partition coefficient (Wildman–Crippen LogP) is -1.04. The van der Waals surface area contributed by atoms with Crippen molar-refractivity contribution in [2.75, 3.05) is 5.32 Å². The number of rotatable bonds is 1. The first-order valence-electron chi connectivity index (χ1n) is 4.20. The highest BCUT2D eigenvalue weighted by Gasteiger charge is 2.34. The molecule has 0 aliphatic carbocycles. The van der Waals surface area contributed by atoms with E-state index in [0.717, 1.165) is 0 Å². The normalized spacial score (nSPS) is 23.2. The predicted molar refractivity (Wildman–Crippen MR) is 57.3 cm³/mol. The average molecular weight is 263 g/mol. The van der Waals surface area contributed by atoms with Crippen molar-refractivity contribution in [1.29, 1.82) is 0 Å². The minimum absolute atomic E-state index is 0.00472. The van der Waals surface area contributed by atoms with Gasteiger partial charge >= 0.3 is 0 Å². The van der Waals surface area contributed by atoms with Crippen molar-refractivity contribution in [2.45, 2.75) is 10.4 Å². The molecule has 1 unspecified atom stereocenters. The van der Waals surface area contributed by atoms with Gasteiger partial charge in [0.25, 0.3) is 0 Å². The minimum atomic E-state index is -4.04. The third-order valence-corrected chi connectivity index (χ3v) is 4.58. The van der Waals surface area contributed by atoms with Gasteiger partial charge in [-0.15, -0.1) is 0 Å². The maximum absolute atomic E-state index is 11.7. The topological polar surface area (TPSA) is 118 Å². The van der Waals surface area contributed by atoms with E-state index in [2.05, 4.69) is 5.32 Å². The van der Waals surface area contributed by atoms with Gasteiger partial charge in [0.15, 0.2) is 0 Å². The molecule has 7 nitrogen and oxygen atoms in total. The van der Waals surface area contributed by atoms with Gasteiger partial charge in [-0.1, -0.05) is 12.1 Å². The van der Waals surface area contributed by atoms with Crippen LogP contribution in [0.25, 0.3) is 0 Å². The fourth-order valence-electron chi connectivity index (χ4n) is 1.34. The quantitative estimate of drug-likeness (QED) is 0.598. The lowest BCUT2D eigenvalue weighted by molar-refractivity contribution is 0.558. The van der Waals surface area contributed by atoms with Crippen LogP contribution < -0.4 is 15.2 Å². The van der Waals surface area contributed by atoms with Crippen LogP contribution in [-0.2, 0) is 20.0 Å².